The quantitative estimate of drug-likeness (QED) is 0.493. The predicted octanol–water partition coefficient (Wildman–Crippen LogP) is 5.12. The number of likely N-dealkylation sites (tertiary alicyclic amines) is 1. The van der Waals surface area contributed by atoms with Gasteiger partial charge in [0.25, 0.3) is 0 Å². The topological polar surface area (TPSA) is 115 Å². The average Bonchev–Trinajstić information content (AvgIpc) is 3.31. The first-order valence-corrected chi connectivity index (χ1v) is 12.8. The second kappa shape index (κ2) is 10.3. The Balaban J connectivity index is 1.50. The molecule has 14 heteroatoms. The molecule has 4 heterocycles. The number of amides is 1. The predicted molar refractivity (Wildman–Crippen MR) is 131 cm³/mol. The summed E-state index contributed by atoms with van der Waals surface area (Å²) in [6.45, 7) is 10.0. The number of ether oxygens (including phenoxy) is 1. The SMILES string of the molecule is CC1CCN1c1nc(-c2noc([C@H](C)C(=O)C3CCN(C(=O)OC(C)(C)C)CC3)n2)c(Cl)c(C(F)(F)F)n1. The number of carbonyl (C=O) groups is 2. The molecule has 2 saturated heterocycles. The van der Waals surface area contributed by atoms with Crippen molar-refractivity contribution in [3.8, 4) is 11.5 Å². The number of hydrogen-bond acceptors (Lipinski definition) is 9. The van der Waals surface area contributed by atoms with E-state index in [9.17, 15) is 22.8 Å². The highest BCUT2D eigenvalue weighted by Crippen LogP contribution is 2.39. The fourth-order valence-corrected chi connectivity index (χ4v) is 4.65. The largest absolute Gasteiger partial charge is 0.444 e. The van der Waals surface area contributed by atoms with Crippen molar-refractivity contribution in [2.45, 2.75) is 77.6 Å². The fourth-order valence-electron chi connectivity index (χ4n) is 4.37. The van der Waals surface area contributed by atoms with Crippen LogP contribution in [-0.2, 0) is 15.7 Å². The van der Waals surface area contributed by atoms with E-state index >= 15 is 0 Å². The molecule has 0 saturated carbocycles. The Labute approximate surface area is 222 Å². The molecule has 0 bridgehead atoms. The van der Waals surface area contributed by atoms with Crippen molar-refractivity contribution >= 4 is 29.4 Å². The third kappa shape index (κ3) is 5.87. The molecule has 0 radical (unpaired) electrons. The Morgan fingerprint density at radius 3 is 2.26 bits per heavy atom. The van der Waals surface area contributed by atoms with Crippen molar-refractivity contribution in [3.63, 3.8) is 0 Å². The summed E-state index contributed by atoms with van der Waals surface area (Å²) in [5.41, 5.74) is -2.22. The maximum atomic E-state index is 13.7. The zero-order chi connectivity index (χ0) is 28.0. The molecular weight excluding hydrogens is 529 g/mol. The number of rotatable bonds is 5. The van der Waals surface area contributed by atoms with Crippen LogP contribution >= 0.6 is 11.6 Å². The minimum Gasteiger partial charge on any atom is -0.444 e. The molecular formula is C24H30ClF3N6O4. The highest BCUT2D eigenvalue weighted by atomic mass is 35.5. The van der Waals surface area contributed by atoms with Crippen LogP contribution in [0.4, 0.5) is 23.9 Å². The number of carbonyl (C=O) groups excluding carboxylic acids is 2. The third-order valence-electron chi connectivity index (χ3n) is 6.68. The molecule has 1 unspecified atom stereocenters. The summed E-state index contributed by atoms with van der Waals surface area (Å²) in [5.74, 6) is -1.76. The second-order valence-corrected chi connectivity index (χ2v) is 11.1. The van der Waals surface area contributed by atoms with E-state index < -0.39 is 34.5 Å². The molecule has 2 aromatic heterocycles. The molecule has 0 aromatic carbocycles. The van der Waals surface area contributed by atoms with Gasteiger partial charge in [0.05, 0.1) is 5.92 Å². The maximum absolute atomic E-state index is 13.7. The van der Waals surface area contributed by atoms with Gasteiger partial charge in [-0.15, -0.1) is 0 Å². The van der Waals surface area contributed by atoms with Crippen LogP contribution in [0.1, 0.15) is 71.4 Å². The van der Waals surface area contributed by atoms with E-state index in [4.69, 9.17) is 20.9 Å². The second-order valence-electron chi connectivity index (χ2n) is 10.7. The van der Waals surface area contributed by atoms with Crippen LogP contribution in [-0.4, -0.2) is 68.2 Å². The van der Waals surface area contributed by atoms with Gasteiger partial charge in [0.1, 0.15) is 22.1 Å². The minimum atomic E-state index is -4.82. The van der Waals surface area contributed by atoms with Gasteiger partial charge in [-0.3, -0.25) is 4.79 Å². The molecule has 0 spiro atoms. The van der Waals surface area contributed by atoms with Gasteiger partial charge in [-0.1, -0.05) is 16.8 Å². The summed E-state index contributed by atoms with van der Waals surface area (Å²) < 4.78 is 51.7. The average molecular weight is 559 g/mol. The first-order valence-electron chi connectivity index (χ1n) is 12.4. The van der Waals surface area contributed by atoms with Crippen LogP contribution in [0, 0.1) is 5.92 Å². The lowest BCUT2D eigenvalue weighted by Crippen LogP contribution is -2.47. The van der Waals surface area contributed by atoms with Crippen molar-refractivity contribution in [2.75, 3.05) is 24.5 Å². The molecule has 4 rings (SSSR count). The molecule has 208 valence electrons. The smallest absolute Gasteiger partial charge is 0.435 e. The lowest BCUT2D eigenvalue weighted by atomic mass is 9.86. The highest BCUT2D eigenvalue weighted by molar-refractivity contribution is 6.33. The summed E-state index contributed by atoms with van der Waals surface area (Å²) in [5, 5.41) is 3.04. The number of anilines is 1. The molecule has 2 aliphatic rings. The number of nitrogens with zero attached hydrogens (tertiary/aromatic N) is 6. The van der Waals surface area contributed by atoms with Gasteiger partial charge in [-0.2, -0.15) is 18.2 Å². The summed E-state index contributed by atoms with van der Waals surface area (Å²) in [6, 6.07) is -0.0229. The van der Waals surface area contributed by atoms with Gasteiger partial charge < -0.3 is 19.1 Å². The standard InChI is InChI=1S/C24H30ClF3N6O4/c1-12-6-11-34(12)21-29-16(15(25)18(30-21)24(26,27)28)19-31-20(38-32-19)13(2)17(35)14-7-9-33(10-8-14)22(36)37-23(3,4)5/h12-14H,6-11H2,1-5H3/t12?,13-/m1/s1. The molecule has 0 aliphatic carbocycles. The first-order chi connectivity index (χ1) is 17.7. The van der Waals surface area contributed by atoms with Gasteiger partial charge in [-0.25, -0.2) is 14.8 Å². The molecule has 2 aliphatic heterocycles. The van der Waals surface area contributed by atoms with Crippen molar-refractivity contribution in [1.82, 2.24) is 25.0 Å². The summed E-state index contributed by atoms with van der Waals surface area (Å²) in [7, 11) is 0. The zero-order valence-electron chi connectivity index (χ0n) is 21.8. The number of ketones is 1. The van der Waals surface area contributed by atoms with E-state index in [0.717, 1.165) is 6.42 Å². The molecule has 0 N–H and O–H groups in total. The molecule has 2 atom stereocenters. The summed E-state index contributed by atoms with van der Waals surface area (Å²) in [4.78, 5) is 40.7. The number of Topliss-reactive ketones (excluding diaryl/α,β-unsaturated/α-hetero) is 1. The van der Waals surface area contributed by atoms with Gasteiger partial charge in [0.15, 0.2) is 5.69 Å². The number of halogens is 4. The minimum absolute atomic E-state index is 0.0229. The third-order valence-corrected chi connectivity index (χ3v) is 7.04. The van der Waals surface area contributed by atoms with Crippen LogP contribution in [0.3, 0.4) is 0 Å². The molecule has 2 fully saturated rings. The Morgan fingerprint density at radius 2 is 1.74 bits per heavy atom. The monoisotopic (exact) mass is 558 g/mol. The number of aromatic nitrogens is 4. The van der Waals surface area contributed by atoms with Crippen molar-refractivity contribution < 1.29 is 32.0 Å². The van der Waals surface area contributed by atoms with E-state index in [0.29, 0.717) is 32.5 Å². The number of piperidine rings is 1. The Bertz CT molecular complexity index is 1210. The molecule has 10 nitrogen and oxygen atoms in total. The van der Waals surface area contributed by atoms with Crippen LogP contribution in [0.2, 0.25) is 5.02 Å². The van der Waals surface area contributed by atoms with Gasteiger partial charge in [0, 0.05) is 31.6 Å². The Morgan fingerprint density at radius 1 is 1.08 bits per heavy atom. The van der Waals surface area contributed by atoms with E-state index in [1.54, 1.807) is 37.5 Å². The van der Waals surface area contributed by atoms with Crippen molar-refractivity contribution in [3.05, 3.63) is 16.6 Å². The molecule has 1 amide bonds. The first kappa shape index (κ1) is 28.1. The fraction of sp³-hybridized carbons (Fsp3) is 0.667. The van der Waals surface area contributed by atoms with E-state index in [1.807, 2.05) is 6.92 Å². The van der Waals surface area contributed by atoms with Crippen molar-refractivity contribution in [2.24, 2.45) is 5.92 Å². The lowest BCUT2D eigenvalue weighted by Gasteiger charge is -2.39. The van der Waals surface area contributed by atoms with Crippen molar-refractivity contribution in [1.29, 1.82) is 0 Å². The summed E-state index contributed by atoms with van der Waals surface area (Å²) >= 11 is 6.06. The molecule has 2 aromatic rings. The zero-order valence-corrected chi connectivity index (χ0v) is 22.6. The van der Waals surface area contributed by atoms with Crippen LogP contribution < -0.4 is 4.90 Å². The van der Waals surface area contributed by atoms with Crippen LogP contribution in [0.25, 0.3) is 11.5 Å². The molecule has 38 heavy (non-hydrogen) atoms. The number of hydrogen-bond donors (Lipinski definition) is 0. The van der Waals surface area contributed by atoms with Gasteiger partial charge in [-0.05, 0) is 53.9 Å². The highest BCUT2D eigenvalue weighted by Gasteiger charge is 2.40. The van der Waals surface area contributed by atoms with Crippen LogP contribution in [0.5, 0.6) is 0 Å². The Hall–Kier alpha value is -2.96. The van der Waals surface area contributed by atoms with Crippen LogP contribution in [0.15, 0.2) is 4.52 Å². The van der Waals surface area contributed by atoms with E-state index in [1.165, 1.54) is 0 Å². The van der Waals surface area contributed by atoms with E-state index in [-0.39, 0.29) is 41.1 Å². The van der Waals surface area contributed by atoms with Gasteiger partial charge >= 0.3 is 12.3 Å². The maximum Gasteiger partial charge on any atom is 0.435 e. The summed E-state index contributed by atoms with van der Waals surface area (Å²) in [6.07, 6.45) is -3.57. The lowest BCUT2D eigenvalue weighted by molar-refractivity contribution is -0.141. The van der Waals surface area contributed by atoms with Gasteiger partial charge in [0.2, 0.25) is 17.7 Å². The Kier molecular flexibility index (Phi) is 7.61. The normalized spacial score (nSPS) is 19.8. The van der Waals surface area contributed by atoms with E-state index in [2.05, 4.69) is 20.1 Å². The number of alkyl halides is 3.